The van der Waals surface area contributed by atoms with E-state index >= 15 is 0 Å². The van der Waals surface area contributed by atoms with Gasteiger partial charge in [-0.15, -0.1) is 0 Å². The van der Waals surface area contributed by atoms with Gasteiger partial charge in [-0.2, -0.15) is 4.40 Å². The number of carbonyl (C=O) groups is 1. The Kier molecular flexibility index (Phi) is 7.26. The average molecular weight is 328 g/mol. The van der Waals surface area contributed by atoms with E-state index < -0.39 is 11.0 Å². The lowest BCUT2D eigenvalue weighted by Crippen LogP contribution is -2.19. The number of unbranched alkanes of at least 4 members (excludes halogenated alkanes) is 2. The third-order valence-corrected chi connectivity index (χ3v) is 4.49. The zero-order chi connectivity index (χ0) is 15.9. The van der Waals surface area contributed by atoms with Gasteiger partial charge < -0.3 is 0 Å². The Morgan fingerprint density at radius 3 is 2.43 bits per heavy atom. The lowest BCUT2D eigenvalue weighted by atomic mass is 10.1. The second-order valence-electron chi connectivity index (χ2n) is 5.83. The summed E-state index contributed by atoms with van der Waals surface area (Å²) < 4.78 is 15.4. The van der Waals surface area contributed by atoms with Gasteiger partial charge in [0.25, 0.3) is 0 Å². The standard InChI is InChI=1S/C16H22ClNO2S/c1-16(2,3)21(20)18-12-6-4-5-7-15(19)13-8-10-14(17)11-9-13/h8-12H,4-7H2,1-3H3/b18-12+/t21-/m1/s1. The number of hydrogen-bond acceptors (Lipinski definition) is 2. The number of hydrogen-bond donors (Lipinski definition) is 0. The summed E-state index contributed by atoms with van der Waals surface area (Å²) in [6.45, 7) is 5.68. The molecule has 0 aliphatic rings. The molecule has 116 valence electrons. The van der Waals surface area contributed by atoms with Gasteiger partial charge in [-0.05, 0) is 64.3 Å². The molecule has 0 heterocycles. The molecule has 0 saturated carbocycles. The summed E-state index contributed by atoms with van der Waals surface area (Å²) in [6, 6.07) is 6.95. The number of benzene rings is 1. The highest BCUT2D eigenvalue weighted by Crippen LogP contribution is 2.13. The highest BCUT2D eigenvalue weighted by molar-refractivity contribution is 7.85. The average Bonchev–Trinajstić information content (AvgIpc) is 2.41. The number of carbonyl (C=O) groups excluding carboxylic acids is 1. The Morgan fingerprint density at radius 2 is 1.86 bits per heavy atom. The molecule has 1 aromatic carbocycles. The molecule has 0 bridgehead atoms. The highest BCUT2D eigenvalue weighted by atomic mass is 35.5. The fourth-order valence-electron chi connectivity index (χ4n) is 1.58. The maximum atomic E-state index is 11.9. The topological polar surface area (TPSA) is 46.5 Å². The molecule has 1 aromatic rings. The lowest BCUT2D eigenvalue weighted by molar-refractivity contribution is 0.0979. The van der Waals surface area contributed by atoms with Gasteiger partial charge in [0.15, 0.2) is 5.78 Å². The van der Waals surface area contributed by atoms with Gasteiger partial charge >= 0.3 is 0 Å². The van der Waals surface area contributed by atoms with E-state index in [-0.39, 0.29) is 10.5 Å². The Hall–Kier alpha value is -1.00. The van der Waals surface area contributed by atoms with Crippen LogP contribution in [-0.2, 0) is 11.0 Å². The monoisotopic (exact) mass is 327 g/mol. The third-order valence-electron chi connectivity index (χ3n) is 2.85. The van der Waals surface area contributed by atoms with Crippen molar-refractivity contribution in [3.05, 3.63) is 34.9 Å². The normalized spacial score (nSPS) is 13.5. The minimum Gasteiger partial charge on any atom is -0.294 e. The van der Waals surface area contributed by atoms with Gasteiger partial charge in [-0.1, -0.05) is 11.6 Å². The predicted molar refractivity (Wildman–Crippen MR) is 90.6 cm³/mol. The first-order valence-electron chi connectivity index (χ1n) is 7.04. The summed E-state index contributed by atoms with van der Waals surface area (Å²) in [4.78, 5) is 11.9. The maximum absolute atomic E-state index is 11.9. The van der Waals surface area contributed by atoms with Crippen molar-refractivity contribution in [2.75, 3.05) is 0 Å². The quantitative estimate of drug-likeness (QED) is 0.417. The summed E-state index contributed by atoms with van der Waals surface area (Å²) in [6.07, 6.45) is 4.63. The van der Waals surface area contributed by atoms with Crippen molar-refractivity contribution in [2.45, 2.75) is 51.2 Å². The maximum Gasteiger partial charge on any atom is 0.162 e. The van der Waals surface area contributed by atoms with Crippen molar-refractivity contribution >= 4 is 34.6 Å². The fraction of sp³-hybridized carbons (Fsp3) is 0.500. The van der Waals surface area contributed by atoms with Gasteiger partial charge in [0, 0.05) is 23.2 Å². The van der Waals surface area contributed by atoms with E-state index in [1.165, 1.54) is 0 Å². The Bertz CT molecular complexity index is 518. The molecule has 0 radical (unpaired) electrons. The summed E-state index contributed by atoms with van der Waals surface area (Å²) >= 11 is 5.78. The molecule has 0 N–H and O–H groups in total. The zero-order valence-corrected chi connectivity index (χ0v) is 14.3. The molecule has 21 heavy (non-hydrogen) atoms. The molecule has 0 amide bonds. The lowest BCUT2D eigenvalue weighted by Gasteiger charge is -2.12. The second-order valence-corrected chi connectivity index (χ2v) is 8.20. The molecular weight excluding hydrogens is 306 g/mol. The second kappa shape index (κ2) is 8.44. The molecule has 5 heteroatoms. The molecule has 0 aliphatic carbocycles. The fourth-order valence-corrected chi connectivity index (χ4v) is 2.26. The van der Waals surface area contributed by atoms with Crippen molar-refractivity contribution in [2.24, 2.45) is 4.40 Å². The minimum absolute atomic E-state index is 0.127. The summed E-state index contributed by atoms with van der Waals surface area (Å²) in [5.74, 6) is 0.127. The zero-order valence-electron chi connectivity index (χ0n) is 12.8. The first-order valence-corrected chi connectivity index (χ1v) is 8.52. The van der Waals surface area contributed by atoms with Crippen molar-refractivity contribution in [1.82, 2.24) is 0 Å². The molecule has 1 atom stereocenters. The molecule has 0 aliphatic heterocycles. The van der Waals surface area contributed by atoms with Crippen molar-refractivity contribution in [3.8, 4) is 0 Å². The van der Waals surface area contributed by atoms with E-state index in [2.05, 4.69) is 4.40 Å². The van der Waals surface area contributed by atoms with Crippen LogP contribution in [-0.4, -0.2) is 21.0 Å². The number of halogens is 1. The molecular formula is C16H22ClNO2S. The van der Waals surface area contributed by atoms with E-state index in [0.717, 1.165) is 19.3 Å². The molecule has 0 aromatic heterocycles. The van der Waals surface area contributed by atoms with E-state index in [1.54, 1.807) is 30.5 Å². The Morgan fingerprint density at radius 1 is 1.24 bits per heavy atom. The van der Waals surface area contributed by atoms with Crippen LogP contribution < -0.4 is 0 Å². The van der Waals surface area contributed by atoms with Crippen LogP contribution in [0.3, 0.4) is 0 Å². The van der Waals surface area contributed by atoms with Crippen LogP contribution in [0.4, 0.5) is 0 Å². The molecule has 1 rings (SSSR count). The van der Waals surface area contributed by atoms with Gasteiger partial charge in [-0.3, -0.25) is 4.79 Å². The molecule has 0 unspecified atom stereocenters. The molecule has 0 fully saturated rings. The van der Waals surface area contributed by atoms with Gasteiger partial charge in [0.05, 0.1) is 4.75 Å². The van der Waals surface area contributed by atoms with Crippen LogP contribution >= 0.6 is 11.6 Å². The van der Waals surface area contributed by atoms with Crippen LogP contribution in [0.5, 0.6) is 0 Å². The van der Waals surface area contributed by atoms with E-state index in [1.807, 2.05) is 20.8 Å². The molecule has 3 nitrogen and oxygen atoms in total. The number of nitrogens with zero attached hydrogens (tertiary/aromatic N) is 1. The molecule has 0 spiro atoms. The van der Waals surface area contributed by atoms with Gasteiger partial charge in [0.2, 0.25) is 0 Å². The van der Waals surface area contributed by atoms with E-state index in [4.69, 9.17) is 11.6 Å². The Balaban J connectivity index is 2.25. The van der Waals surface area contributed by atoms with Crippen LogP contribution in [0.2, 0.25) is 5.02 Å². The van der Waals surface area contributed by atoms with E-state index in [9.17, 15) is 9.00 Å². The first kappa shape index (κ1) is 18.1. The first-order chi connectivity index (χ1) is 9.80. The number of rotatable bonds is 7. The molecule has 0 saturated heterocycles. The predicted octanol–water partition coefficient (Wildman–Crippen LogP) is 4.62. The highest BCUT2D eigenvalue weighted by Gasteiger charge is 2.17. The van der Waals surface area contributed by atoms with Gasteiger partial charge in [-0.25, -0.2) is 4.21 Å². The number of Topliss-reactive ketones (excluding diaryl/α,β-unsaturated/α-hetero) is 1. The number of ketones is 1. The summed E-state index contributed by atoms with van der Waals surface area (Å²) in [7, 11) is -1.19. The smallest absolute Gasteiger partial charge is 0.162 e. The van der Waals surface area contributed by atoms with Crippen LogP contribution in [0.25, 0.3) is 0 Å². The minimum atomic E-state index is -1.19. The summed E-state index contributed by atoms with van der Waals surface area (Å²) in [5, 5.41) is 0.634. The van der Waals surface area contributed by atoms with E-state index in [0.29, 0.717) is 17.0 Å². The van der Waals surface area contributed by atoms with Crippen LogP contribution in [0.1, 0.15) is 56.8 Å². The van der Waals surface area contributed by atoms with Crippen molar-refractivity contribution in [1.29, 1.82) is 0 Å². The summed E-state index contributed by atoms with van der Waals surface area (Å²) in [5.41, 5.74) is 0.696. The van der Waals surface area contributed by atoms with Crippen molar-refractivity contribution < 1.29 is 9.00 Å². The Labute approximate surface area is 134 Å². The SMILES string of the molecule is CC(C)(C)[S@@](=O)/N=C/CCCCC(=O)c1ccc(Cl)cc1. The third kappa shape index (κ3) is 7.00. The van der Waals surface area contributed by atoms with Gasteiger partial charge in [0.1, 0.15) is 11.0 Å². The van der Waals surface area contributed by atoms with Crippen molar-refractivity contribution in [3.63, 3.8) is 0 Å². The largest absolute Gasteiger partial charge is 0.294 e. The van der Waals surface area contributed by atoms with Crippen LogP contribution in [0, 0.1) is 0 Å². The van der Waals surface area contributed by atoms with Crippen LogP contribution in [0.15, 0.2) is 28.7 Å².